The van der Waals surface area contributed by atoms with E-state index in [-0.39, 0.29) is 32.1 Å². The van der Waals surface area contributed by atoms with E-state index in [2.05, 4.69) is 59.1 Å². The summed E-state index contributed by atoms with van der Waals surface area (Å²) in [6.07, 6.45) is 29.4. The highest BCUT2D eigenvalue weighted by atomic mass is 31.2. The second kappa shape index (κ2) is 66.2. The Kier molecular flexibility index (Phi) is 62.0. The lowest BCUT2D eigenvalue weighted by atomic mass is 9.95. The zero-order chi connectivity index (χ0) is 81.0. The third-order valence-corrected chi connectivity index (χ3v) is 22.2. The van der Waals surface area contributed by atoms with Gasteiger partial charge in [-0.3, -0.25) is 23.7 Å². The molecule has 14 atom stereocenters. The minimum atomic E-state index is -5.60. The molecule has 0 radical (unpaired) electrons. The molecule has 110 heavy (non-hydrogen) atoms. The molecule has 2 aliphatic heterocycles. The number of aliphatic hydroxyl groups is 6. The highest BCUT2D eigenvalue weighted by Gasteiger charge is 2.53. The van der Waals surface area contributed by atoms with Gasteiger partial charge in [0.05, 0.1) is 44.7 Å². The lowest BCUT2D eigenvalue weighted by Gasteiger charge is -2.46. The zero-order valence-electron chi connectivity index (χ0n) is 70.1. The summed E-state index contributed by atoms with van der Waals surface area (Å²) in [6.45, 7) is 13.7. The summed E-state index contributed by atoms with van der Waals surface area (Å²) >= 11 is 0. The average Bonchev–Trinajstić information content (AvgIpc) is 0.785. The molecule has 24 heteroatoms. The van der Waals surface area contributed by atoms with Gasteiger partial charge in [-0.25, -0.2) is 9.36 Å². The predicted octanol–water partition coefficient (Wildman–Crippen LogP) is 17.3. The Hall–Kier alpha value is -2.90. The highest BCUT2D eigenvalue weighted by molar-refractivity contribution is 7.46. The molecule has 0 bridgehead atoms. The van der Waals surface area contributed by atoms with Gasteiger partial charge >= 0.3 is 25.7 Å². The van der Waals surface area contributed by atoms with Crippen LogP contribution in [0.4, 0.5) is 0 Å². The second-order valence-corrected chi connectivity index (χ2v) is 34.4. The van der Waals surface area contributed by atoms with E-state index in [1.165, 1.54) is 116 Å². The minimum Gasteiger partial charge on any atom is -0.462 e. The third kappa shape index (κ3) is 52.6. The van der Waals surface area contributed by atoms with Crippen LogP contribution in [0.1, 0.15) is 408 Å². The molecule has 648 valence electrons. The van der Waals surface area contributed by atoms with E-state index in [4.69, 9.17) is 32.9 Å². The van der Waals surface area contributed by atoms with Crippen molar-refractivity contribution in [1.29, 1.82) is 0 Å². The van der Waals surface area contributed by atoms with Gasteiger partial charge in [-0.05, 0) is 50.4 Å². The van der Waals surface area contributed by atoms with Crippen molar-refractivity contribution in [2.45, 2.75) is 494 Å². The van der Waals surface area contributed by atoms with Gasteiger partial charge < -0.3 is 79.5 Å². The Labute approximate surface area is 665 Å². The van der Waals surface area contributed by atoms with E-state index >= 15 is 0 Å². The Balaban J connectivity index is 2.57. The Morgan fingerprint density at radius 1 is 0.409 bits per heavy atom. The number of nitrogens with one attached hydrogen (secondary N) is 2. The van der Waals surface area contributed by atoms with Crippen molar-refractivity contribution in [3.05, 3.63) is 0 Å². The number of phosphoric acid groups is 1. The first kappa shape index (κ1) is 103. The molecule has 2 aliphatic rings. The number of carbonyl (C=O) groups is 5. The smallest absolute Gasteiger partial charge is 0.462 e. The molecule has 0 aromatic heterocycles. The molecule has 0 spiro atoms. The molecule has 0 aromatic rings. The molecule has 2 rings (SSSR count). The molecule has 0 aromatic carbocycles. The first-order chi connectivity index (χ1) is 52.9. The third-order valence-electron chi connectivity index (χ3n) is 21.8. The summed E-state index contributed by atoms with van der Waals surface area (Å²) in [5.41, 5.74) is 0. The summed E-state index contributed by atoms with van der Waals surface area (Å²) in [5, 5.41) is 74.1. The van der Waals surface area contributed by atoms with Crippen LogP contribution in [0.2, 0.25) is 0 Å². The Bertz CT molecular complexity index is 2320. The van der Waals surface area contributed by atoms with Crippen LogP contribution in [0.5, 0.6) is 0 Å². The number of hydrogen-bond acceptors (Lipinski definition) is 19. The van der Waals surface area contributed by atoms with Crippen molar-refractivity contribution in [2.24, 2.45) is 11.8 Å². The van der Waals surface area contributed by atoms with E-state index in [1.807, 2.05) is 0 Å². The zero-order valence-corrected chi connectivity index (χ0v) is 71.0. The van der Waals surface area contributed by atoms with Crippen LogP contribution >= 0.6 is 7.82 Å². The molecular weight excluding hydrogens is 1430 g/mol. The second-order valence-electron chi connectivity index (χ2n) is 33.2. The molecule has 6 unspecified atom stereocenters. The van der Waals surface area contributed by atoms with Crippen molar-refractivity contribution in [3.8, 4) is 0 Å². The normalized spacial score (nSPS) is 21.4. The maximum absolute atomic E-state index is 14.8. The fourth-order valence-corrected chi connectivity index (χ4v) is 15.4. The van der Waals surface area contributed by atoms with Gasteiger partial charge in [0.25, 0.3) is 0 Å². The largest absolute Gasteiger partial charge is 0.472 e. The van der Waals surface area contributed by atoms with Crippen LogP contribution in [0.3, 0.4) is 0 Å². The van der Waals surface area contributed by atoms with Crippen molar-refractivity contribution >= 4 is 37.5 Å². The Morgan fingerprint density at radius 3 is 1.17 bits per heavy atom. The quantitative estimate of drug-likeness (QED) is 0.0117. The van der Waals surface area contributed by atoms with Crippen LogP contribution in [0.15, 0.2) is 0 Å². The molecule has 0 aliphatic carbocycles. The van der Waals surface area contributed by atoms with Gasteiger partial charge in [0, 0.05) is 6.42 Å². The summed E-state index contributed by atoms with van der Waals surface area (Å²) in [7, 11) is -5.60. The van der Waals surface area contributed by atoms with Crippen molar-refractivity contribution in [1.82, 2.24) is 10.6 Å². The maximum Gasteiger partial charge on any atom is 0.472 e. The number of rotatable bonds is 73. The lowest BCUT2D eigenvalue weighted by Crippen LogP contribution is -2.68. The van der Waals surface area contributed by atoms with E-state index in [0.717, 1.165) is 154 Å². The van der Waals surface area contributed by atoms with Gasteiger partial charge in [-0.1, -0.05) is 344 Å². The average molecular weight is 1590 g/mol. The van der Waals surface area contributed by atoms with Gasteiger partial charge in [0.2, 0.25) is 11.8 Å². The predicted molar refractivity (Wildman–Crippen MR) is 432 cm³/mol. The first-order valence-corrected chi connectivity index (χ1v) is 46.3. The van der Waals surface area contributed by atoms with Crippen LogP contribution in [-0.4, -0.2) is 169 Å². The van der Waals surface area contributed by atoms with Gasteiger partial charge in [-0.2, -0.15) is 0 Å². The number of unbranched alkanes of at least 4 members (excludes halogenated alkanes) is 41. The van der Waals surface area contributed by atoms with Crippen LogP contribution < -0.4 is 10.6 Å². The number of hydrogen-bond donors (Lipinski definition) is 10. The molecule has 2 amide bonds. The van der Waals surface area contributed by atoms with Crippen molar-refractivity contribution < 1.29 is 102 Å². The van der Waals surface area contributed by atoms with E-state index in [0.29, 0.717) is 56.8 Å². The molecule has 2 fully saturated rings. The Morgan fingerprint density at radius 2 is 0.755 bits per heavy atom. The number of carbonyl (C=O) groups excluding carboxylic acids is 5. The highest BCUT2D eigenvalue weighted by Crippen LogP contribution is 2.42. The summed E-state index contributed by atoms with van der Waals surface area (Å²) in [6, 6.07) is -3.55. The molecule has 10 N–H and O–H groups in total. The molecule has 23 nitrogen and oxygen atoms in total. The van der Waals surface area contributed by atoms with E-state index in [9.17, 15) is 69.0 Å². The molecule has 2 saturated heterocycles. The first-order valence-electron chi connectivity index (χ1n) is 44.8. The fourth-order valence-electron chi connectivity index (χ4n) is 15.0. The van der Waals surface area contributed by atoms with Crippen molar-refractivity contribution in [2.75, 3.05) is 13.2 Å². The standard InChI is InChI=1S/C86H163N2O21P/c1-8-11-14-17-20-23-25-29-36-42-49-56-68(90)61-74(93)87-79-83(108-84(99)71(92)59-52-45-38-31-24-21-18-15-12-9-2)81(98)73(106-86(79)109-110(100,101)102)65-103-85-78(82(80(97)72(64-89)105-85)107-77(96)62-69(91)57-50-43-35-27-22-19-16-13-10-3)88-75(94)63-70(58-51-44-37-30-26-28-33-40-47-54-66(4)5)104-76(95)60-53-46-39-32-34-41-48-55-67(6)7/h66-73,78-83,85-86,89-92,97-98H,8-65H2,1-7H3,(H,87,93)(H,88,94)(H2,100,101,102)/t68-,69-,70-,71-,72?,73?,78?,79?,80-,81-,82?,83?,85-,86-/m1/s1. The van der Waals surface area contributed by atoms with Crippen LogP contribution in [0.25, 0.3) is 0 Å². The summed E-state index contributed by atoms with van der Waals surface area (Å²) in [5.74, 6) is -2.91. The molecular formula is C86H163N2O21P. The SMILES string of the molecule is CCCCCCCCCCCCC[C@@H](O)CC(=O)NC1C(OC(=O)[C@H](O)CCCCCCCCCCCC)[C@H](O)C(CO[C@@H]2OC(CO)[C@@H](O)C(OC(=O)C[C@H](O)CCCCCCCCCCC)C2NC(=O)C[C@@H](CCCCCCCCCCCC(C)C)OC(=O)CCCCCCCCCC(C)C)O[C@@H]1OP(=O)(O)O. The number of esters is 3. The summed E-state index contributed by atoms with van der Waals surface area (Å²) < 4.78 is 54.6. The van der Waals surface area contributed by atoms with Crippen LogP contribution in [-0.2, 0) is 61.5 Å². The fraction of sp³-hybridized carbons (Fsp3) is 0.942. The summed E-state index contributed by atoms with van der Waals surface area (Å²) in [4.78, 5) is 91.3. The van der Waals surface area contributed by atoms with Gasteiger partial charge in [-0.15, -0.1) is 0 Å². The van der Waals surface area contributed by atoms with Crippen molar-refractivity contribution in [3.63, 3.8) is 0 Å². The number of amides is 2. The minimum absolute atomic E-state index is 0.0407. The monoisotopic (exact) mass is 1590 g/mol. The number of aliphatic hydroxyl groups excluding tert-OH is 6. The van der Waals surface area contributed by atoms with Gasteiger partial charge in [0.1, 0.15) is 42.6 Å². The van der Waals surface area contributed by atoms with Crippen LogP contribution in [0, 0.1) is 11.8 Å². The number of ether oxygens (including phenoxy) is 6. The van der Waals surface area contributed by atoms with E-state index < -0.39 is 149 Å². The number of phosphoric ester groups is 1. The lowest BCUT2D eigenvalue weighted by molar-refractivity contribution is -0.298. The maximum atomic E-state index is 14.8. The topological polar surface area (TPSA) is 353 Å². The van der Waals surface area contributed by atoms with Gasteiger partial charge in [0.15, 0.2) is 30.9 Å². The molecule has 0 saturated carbocycles. The molecule has 2 heterocycles. The van der Waals surface area contributed by atoms with E-state index in [1.54, 1.807) is 0 Å².